The molecule has 1 N–H and O–H groups in total. The van der Waals surface area contributed by atoms with Crippen LogP contribution in [0.3, 0.4) is 0 Å². The van der Waals surface area contributed by atoms with Crippen LogP contribution in [-0.2, 0) is 19.6 Å². The van der Waals surface area contributed by atoms with Gasteiger partial charge in [0.15, 0.2) is 0 Å². The van der Waals surface area contributed by atoms with E-state index in [1.807, 2.05) is 0 Å². The van der Waals surface area contributed by atoms with E-state index >= 15 is 0 Å². The van der Waals surface area contributed by atoms with E-state index in [2.05, 4.69) is 0 Å². The zero-order chi connectivity index (χ0) is 17.3. The summed E-state index contributed by atoms with van der Waals surface area (Å²) in [5.41, 5.74) is -0.427. The first-order valence-corrected chi connectivity index (χ1v) is 8.20. The van der Waals surface area contributed by atoms with Crippen molar-refractivity contribution in [3.63, 3.8) is 0 Å². The quantitative estimate of drug-likeness (QED) is 0.878. The Morgan fingerprint density at radius 2 is 1.87 bits per heavy atom. The van der Waals surface area contributed by atoms with Gasteiger partial charge < -0.3 is 10.1 Å². The highest BCUT2D eigenvalue weighted by Gasteiger charge is 2.39. The minimum atomic E-state index is -5.11. The molecule has 1 aromatic rings. The fraction of sp³-hybridized carbons (Fsp3) is 0.417. The van der Waals surface area contributed by atoms with Crippen LogP contribution in [-0.4, -0.2) is 51.1 Å². The SMILES string of the molecule is O=C(Nc1cc(S(=O)(=O)N2CCOCC2)ccc1Cl)C(F)(F)F. The molecule has 0 saturated carbocycles. The van der Waals surface area contributed by atoms with Crippen molar-refractivity contribution in [1.29, 1.82) is 0 Å². The number of nitrogens with one attached hydrogen (secondary N) is 1. The van der Waals surface area contributed by atoms with Crippen molar-refractivity contribution in [1.82, 2.24) is 4.31 Å². The normalized spacial score (nSPS) is 17.0. The third-order valence-electron chi connectivity index (χ3n) is 3.05. The Balaban J connectivity index is 2.31. The van der Waals surface area contributed by atoms with Crippen LogP contribution in [0.5, 0.6) is 0 Å². The summed E-state index contributed by atoms with van der Waals surface area (Å²) < 4.78 is 67.9. The van der Waals surface area contributed by atoms with Crippen LogP contribution in [0.15, 0.2) is 23.1 Å². The molecule has 2 rings (SSSR count). The van der Waals surface area contributed by atoms with Gasteiger partial charge >= 0.3 is 12.1 Å². The van der Waals surface area contributed by atoms with Gasteiger partial charge in [0, 0.05) is 13.1 Å². The molecule has 1 aromatic carbocycles. The van der Waals surface area contributed by atoms with Gasteiger partial charge in [-0.3, -0.25) is 4.79 Å². The predicted octanol–water partition coefficient (Wildman–Crippen LogP) is 1.86. The van der Waals surface area contributed by atoms with E-state index in [0.717, 1.165) is 22.5 Å². The van der Waals surface area contributed by atoms with Crippen molar-refractivity contribution in [2.75, 3.05) is 31.6 Å². The molecular weight excluding hydrogens is 361 g/mol. The molecule has 23 heavy (non-hydrogen) atoms. The number of carbonyl (C=O) groups is 1. The molecule has 6 nitrogen and oxygen atoms in total. The maximum Gasteiger partial charge on any atom is 0.471 e. The minimum Gasteiger partial charge on any atom is -0.379 e. The number of carbonyl (C=O) groups excluding carboxylic acids is 1. The van der Waals surface area contributed by atoms with Crippen LogP contribution < -0.4 is 5.32 Å². The molecule has 1 saturated heterocycles. The standard InChI is InChI=1S/C12H12ClF3N2O4S/c13-9-2-1-8(7-10(9)17-11(19)12(14,15)16)23(20,21)18-3-5-22-6-4-18/h1-2,7H,3-6H2,(H,17,19). The lowest BCUT2D eigenvalue weighted by Crippen LogP contribution is -2.40. The molecule has 11 heteroatoms. The maximum atomic E-state index is 12.4. The maximum absolute atomic E-state index is 12.4. The summed E-state index contributed by atoms with van der Waals surface area (Å²) in [5.74, 6) is -2.24. The zero-order valence-corrected chi connectivity index (χ0v) is 13.1. The van der Waals surface area contributed by atoms with E-state index in [4.69, 9.17) is 16.3 Å². The largest absolute Gasteiger partial charge is 0.471 e. The summed E-state index contributed by atoms with van der Waals surface area (Å²) in [6.45, 7) is 0.722. The van der Waals surface area contributed by atoms with Gasteiger partial charge in [0.1, 0.15) is 0 Å². The number of anilines is 1. The molecule has 1 fully saturated rings. The summed E-state index contributed by atoms with van der Waals surface area (Å²) in [5, 5.41) is 1.36. The first kappa shape index (κ1) is 18.0. The topological polar surface area (TPSA) is 75.7 Å². The van der Waals surface area contributed by atoms with Crippen LogP contribution in [0.1, 0.15) is 0 Å². The molecule has 1 heterocycles. The number of rotatable bonds is 3. The number of halogens is 4. The fourth-order valence-electron chi connectivity index (χ4n) is 1.89. The number of sulfonamides is 1. The number of benzene rings is 1. The van der Waals surface area contributed by atoms with E-state index in [1.165, 1.54) is 0 Å². The van der Waals surface area contributed by atoms with Crippen LogP contribution in [0, 0.1) is 0 Å². The highest BCUT2D eigenvalue weighted by molar-refractivity contribution is 7.89. The first-order valence-electron chi connectivity index (χ1n) is 6.38. The number of hydrogen-bond acceptors (Lipinski definition) is 4. The van der Waals surface area contributed by atoms with Crippen LogP contribution in [0.4, 0.5) is 18.9 Å². The van der Waals surface area contributed by atoms with Crippen LogP contribution >= 0.6 is 11.6 Å². The fourth-order valence-corrected chi connectivity index (χ4v) is 3.49. The van der Waals surface area contributed by atoms with Crippen LogP contribution in [0.2, 0.25) is 5.02 Å². The molecule has 1 aliphatic rings. The third-order valence-corrected chi connectivity index (χ3v) is 5.28. The van der Waals surface area contributed by atoms with Gasteiger partial charge in [0.25, 0.3) is 0 Å². The molecule has 1 aliphatic heterocycles. The third kappa shape index (κ3) is 4.14. The summed E-state index contributed by atoms with van der Waals surface area (Å²) in [4.78, 5) is 10.7. The lowest BCUT2D eigenvalue weighted by atomic mass is 10.3. The minimum absolute atomic E-state index is 0.134. The van der Waals surface area contributed by atoms with E-state index in [1.54, 1.807) is 5.32 Å². The molecule has 0 unspecified atom stereocenters. The van der Waals surface area contributed by atoms with Gasteiger partial charge in [-0.05, 0) is 18.2 Å². The number of alkyl halides is 3. The van der Waals surface area contributed by atoms with Crippen molar-refractivity contribution in [2.24, 2.45) is 0 Å². The molecule has 128 valence electrons. The van der Waals surface area contributed by atoms with E-state index in [-0.39, 0.29) is 36.2 Å². The number of amides is 1. The van der Waals surface area contributed by atoms with Crippen molar-refractivity contribution >= 4 is 33.2 Å². The first-order chi connectivity index (χ1) is 10.6. The zero-order valence-electron chi connectivity index (χ0n) is 11.6. The smallest absolute Gasteiger partial charge is 0.379 e. The molecule has 0 spiro atoms. The van der Waals surface area contributed by atoms with Crippen molar-refractivity contribution < 1.29 is 31.1 Å². The monoisotopic (exact) mass is 372 g/mol. The van der Waals surface area contributed by atoms with Gasteiger partial charge in [0.2, 0.25) is 10.0 Å². The van der Waals surface area contributed by atoms with E-state index < -0.39 is 27.8 Å². The van der Waals surface area contributed by atoms with Gasteiger partial charge in [-0.2, -0.15) is 17.5 Å². The second-order valence-electron chi connectivity index (χ2n) is 4.61. The van der Waals surface area contributed by atoms with Gasteiger partial charge in [-0.25, -0.2) is 8.42 Å². The second kappa shape index (κ2) is 6.63. The Hall–Kier alpha value is -1.36. The van der Waals surface area contributed by atoms with Crippen molar-refractivity contribution in [3.05, 3.63) is 23.2 Å². The van der Waals surface area contributed by atoms with Gasteiger partial charge in [0.05, 0.1) is 28.8 Å². The highest BCUT2D eigenvalue weighted by atomic mass is 35.5. The molecule has 0 aromatic heterocycles. The number of ether oxygens (including phenoxy) is 1. The predicted molar refractivity (Wildman–Crippen MR) is 75.7 cm³/mol. The molecule has 0 atom stereocenters. The lowest BCUT2D eigenvalue weighted by molar-refractivity contribution is -0.167. The summed E-state index contributed by atoms with van der Waals surface area (Å²) in [6, 6.07) is 3.17. The average Bonchev–Trinajstić information content (AvgIpc) is 2.49. The molecule has 0 bridgehead atoms. The van der Waals surface area contributed by atoms with Crippen molar-refractivity contribution in [2.45, 2.75) is 11.1 Å². The Labute approximate surface area is 135 Å². The molecule has 1 amide bonds. The van der Waals surface area contributed by atoms with Crippen molar-refractivity contribution in [3.8, 4) is 0 Å². The molecular formula is C12H12ClF3N2O4S. The van der Waals surface area contributed by atoms with Gasteiger partial charge in [-0.1, -0.05) is 11.6 Å². The second-order valence-corrected chi connectivity index (χ2v) is 6.96. The van der Waals surface area contributed by atoms with Crippen LogP contribution in [0.25, 0.3) is 0 Å². The number of morpholine rings is 1. The average molecular weight is 373 g/mol. The molecule has 0 aliphatic carbocycles. The Morgan fingerprint density at radius 3 is 2.43 bits per heavy atom. The van der Waals surface area contributed by atoms with Gasteiger partial charge in [-0.15, -0.1) is 0 Å². The summed E-state index contributed by atoms with van der Waals surface area (Å²) in [6.07, 6.45) is -5.11. The van der Waals surface area contributed by atoms with E-state index in [9.17, 15) is 26.4 Å². The lowest BCUT2D eigenvalue weighted by Gasteiger charge is -2.26. The Bertz CT molecular complexity index is 703. The number of nitrogens with zero attached hydrogens (tertiary/aromatic N) is 1. The summed E-state index contributed by atoms with van der Waals surface area (Å²) >= 11 is 5.72. The summed E-state index contributed by atoms with van der Waals surface area (Å²) in [7, 11) is -3.91. The molecule has 0 radical (unpaired) electrons. The number of hydrogen-bond donors (Lipinski definition) is 1. The Morgan fingerprint density at radius 1 is 1.26 bits per heavy atom. The highest BCUT2D eigenvalue weighted by Crippen LogP contribution is 2.29. The Kier molecular flexibility index (Phi) is 5.19. The van der Waals surface area contributed by atoms with E-state index in [0.29, 0.717) is 0 Å².